The van der Waals surface area contributed by atoms with Gasteiger partial charge in [-0.25, -0.2) is 0 Å². The van der Waals surface area contributed by atoms with Crippen LogP contribution in [0.2, 0.25) is 0 Å². The van der Waals surface area contributed by atoms with Crippen LogP contribution < -0.4 is 0 Å². The molecule has 1 fully saturated rings. The molecule has 0 aromatic rings. The van der Waals surface area contributed by atoms with Gasteiger partial charge in [0.2, 0.25) is 0 Å². The molecule has 0 aromatic carbocycles. The van der Waals surface area contributed by atoms with E-state index in [1.54, 1.807) is 6.92 Å². The standard InChI is InChI=1S/C12H18O/c1-8-11-6-5-10(4-3-7-13)12(8)9(11)2/h5,7-9,11-12H,3-4,6H2,1-2H3/i5D,6D2,8D,11D,12D. The van der Waals surface area contributed by atoms with Crippen LogP contribution in [0.5, 0.6) is 0 Å². The van der Waals surface area contributed by atoms with E-state index in [2.05, 4.69) is 0 Å². The third kappa shape index (κ3) is 1.25. The number of aldehydes is 1. The van der Waals surface area contributed by atoms with Crippen molar-refractivity contribution in [1.82, 2.24) is 0 Å². The molecule has 0 amide bonds. The molecule has 72 valence electrons. The van der Waals surface area contributed by atoms with Crippen molar-refractivity contribution in [3.8, 4) is 0 Å². The normalized spacial score (nSPS) is 70.5. The van der Waals surface area contributed by atoms with Gasteiger partial charge in [-0.15, -0.1) is 0 Å². The van der Waals surface area contributed by atoms with Crippen LogP contribution >= 0.6 is 0 Å². The number of allylic oxidation sites excluding steroid dienone is 2. The lowest BCUT2D eigenvalue weighted by Crippen LogP contribution is -2.47. The highest BCUT2D eigenvalue weighted by Crippen LogP contribution is 2.55. The summed E-state index contributed by atoms with van der Waals surface area (Å²) in [5.41, 5.74) is 0.212. The minimum absolute atomic E-state index is 0.113. The summed E-state index contributed by atoms with van der Waals surface area (Å²) in [7, 11) is 0. The van der Waals surface area contributed by atoms with Crippen molar-refractivity contribution < 1.29 is 13.0 Å². The highest BCUT2D eigenvalue weighted by Gasteiger charge is 2.47. The highest BCUT2D eigenvalue weighted by atomic mass is 16.1. The van der Waals surface area contributed by atoms with Crippen molar-refractivity contribution in [3.05, 3.63) is 11.6 Å². The minimum atomic E-state index is -2.26. The second-order valence-corrected chi connectivity index (χ2v) is 3.61. The van der Waals surface area contributed by atoms with E-state index in [0.29, 0.717) is 6.29 Å². The Balaban J connectivity index is 2.66. The van der Waals surface area contributed by atoms with Crippen molar-refractivity contribution in [2.24, 2.45) is 23.6 Å². The lowest BCUT2D eigenvalue weighted by atomic mass is 9.51. The summed E-state index contributed by atoms with van der Waals surface area (Å²) in [5.74, 6) is -5.52. The van der Waals surface area contributed by atoms with Crippen LogP contribution in [0.25, 0.3) is 0 Å². The van der Waals surface area contributed by atoms with Gasteiger partial charge in [0.1, 0.15) is 6.29 Å². The fourth-order valence-corrected chi connectivity index (χ4v) is 2.16. The molecule has 2 bridgehead atoms. The molecule has 0 radical (unpaired) electrons. The number of fused-ring (bicyclic) bond motifs is 1. The molecule has 3 rings (SSSR count). The number of carbonyl (C=O) groups is 1. The molecule has 1 saturated carbocycles. The van der Waals surface area contributed by atoms with Crippen molar-refractivity contribution in [2.45, 2.75) is 33.1 Å². The maximum absolute atomic E-state index is 10.5. The summed E-state index contributed by atoms with van der Waals surface area (Å²) in [4.78, 5) is 10.5. The molecular formula is C12H18O. The Morgan fingerprint density at radius 3 is 3.23 bits per heavy atom. The molecule has 0 heterocycles. The lowest BCUT2D eigenvalue weighted by Gasteiger charge is -2.54. The molecule has 0 N–H and O–H groups in total. The zero-order chi connectivity index (χ0) is 14.9. The predicted molar refractivity (Wildman–Crippen MR) is 53.3 cm³/mol. The zero-order valence-corrected chi connectivity index (χ0v) is 7.98. The molecule has 1 nitrogen and oxygen atoms in total. The van der Waals surface area contributed by atoms with Gasteiger partial charge in [-0.2, -0.15) is 0 Å². The maximum atomic E-state index is 10.5. The molecule has 4 atom stereocenters. The second kappa shape index (κ2) is 3.28. The van der Waals surface area contributed by atoms with Crippen LogP contribution in [0.15, 0.2) is 11.6 Å². The van der Waals surface area contributed by atoms with Gasteiger partial charge < -0.3 is 4.79 Å². The maximum Gasteiger partial charge on any atom is 0.120 e. The third-order valence-electron chi connectivity index (χ3n) is 2.86. The van der Waals surface area contributed by atoms with E-state index < -0.39 is 30.0 Å². The first-order valence-corrected chi connectivity index (χ1v) is 4.65. The van der Waals surface area contributed by atoms with Crippen LogP contribution in [0.3, 0.4) is 0 Å². The van der Waals surface area contributed by atoms with Crippen LogP contribution in [0.1, 0.15) is 41.3 Å². The molecule has 3 aliphatic carbocycles. The van der Waals surface area contributed by atoms with Gasteiger partial charge in [0.15, 0.2) is 0 Å². The largest absolute Gasteiger partial charge is 0.303 e. The Labute approximate surface area is 88.6 Å². The second-order valence-electron chi connectivity index (χ2n) is 3.61. The van der Waals surface area contributed by atoms with Gasteiger partial charge in [0, 0.05) is 13.3 Å². The first-order chi connectivity index (χ1) is 8.51. The van der Waals surface area contributed by atoms with Crippen LogP contribution in [0.4, 0.5) is 0 Å². The van der Waals surface area contributed by atoms with E-state index >= 15 is 0 Å². The molecular weight excluding hydrogens is 160 g/mol. The molecule has 0 aliphatic heterocycles. The van der Waals surface area contributed by atoms with Gasteiger partial charge in [-0.3, -0.25) is 0 Å². The molecule has 0 saturated heterocycles. The number of hydrogen-bond donors (Lipinski definition) is 0. The third-order valence-corrected chi connectivity index (χ3v) is 2.86. The average molecular weight is 184 g/mol. The highest BCUT2D eigenvalue weighted by molar-refractivity contribution is 5.50. The monoisotopic (exact) mass is 184 g/mol. The van der Waals surface area contributed by atoms with Gasteiger partial charge in [-0.05, 0) is 36.4 Å². The summed E-state index contributed by atoms with van der Waals surface area (Å²) in [6.07, 6.45) is -1.35. The Kier molecular flexibility index (Phi) is 1.08. The Morgan fingerprint density at radius 1 is 1.85 bits per heavy atom. The van der Waals surface area contributed by atoms with Gasteiger partial charge in [0.05, 0.1) is 1.37 Å². The first kappa shape index (κ1) is 4.29. The molecule has 13 heavy (non-hydrogen) atoms. The van der Waals surface area contributed by atoms with Crippen molar-refractivity contribution in [3.63, 3.8) is 0 Å². The van der Waals surface area contributed by atoms with E-state index in [1.807, 2.05) is 0 Å². The molecule has 0 spiro atoms. The molecule has 3 aliphatic rings. The van der Waals surface area contributed by atoms with Crippen LogP contribution in [-0.4, -0.2) is 6.29 Å². The fourth-order valence-electron chi connectivity index (χ4n) is 2.16. The topological polar surface area (TPSA) is 17.1 Å². The van der Waals surface area contributed by atoms with E-state index in [9.17, 15) is 4.79 Å². The number of hydrogen-bond acceptors (Lipinski definition) is 1. The first-order valence-electron chi connectivity index (χ1n) is 7.65. The summed E-state index contributed by atoms with van der Waals surface area (Å²) in [5, 5.41) is 0. The van der Waals surface area contributed by atoms with Gasteiger partial charge in [-0.1, -0.05) is 25.5 Å². The number of carbonyl (C=O) groups excluding carboxylic acids is 1. The summed E-state index contributed by atoms with van der Waals surface area (Å²) < 4.78 is 49.2. The number of rotatable bonds is 3. The van der Waals surface area contributed by atoms with E-state index in [-0.39, 0.29) is 24.5 Å². The predicted octanol–water partition coefficient (Wildman–Crippen LogP) is 2.81. The lowest BCUT2D eigenvalue weighted by molar-refractivity contribution is -0.107. The summed E-state index contributed by atoms with van der Waals surface area (Å²) in [6.45, 7) is 3.00. The van der Waals surface area contributed by atoms with Gasteiger partial charge >= 0.3 is 0 Å². The molecule has 1 heteroatoms. The minimum Gasteiger partial charge on any atom is -0.303 e. The molecule has 4 unspecified atom stereocenters. The van der Waals surface area contributed by atoms with Crippen LogP contribution in [0, 0.1) is 23.6 Å². The van der Waals surface area contributed by atoms with E-state index in [0.717, 1.165) is 0 Å². The summed E-state index contributed by atoms with van der Waals surface area (Å²) >= 11 is 0. The Hall–Kier alpha value is -0.590. The smallest absolute Gasteiger partial charge is 0.120 e. The van der Waals surface area contributed by atoms with Crippen molar-refractivity contribution in [2.75, 3.05) is 0 Å². The Morgan fingerprint density at radius 2 is 2.62 bits per heavy atom. The summed E-state index contributed by atoms with van der Waals surface area (Å²) in [6, 6.07) is -0.373. The zero-order valence-electron chi connectivity index (χ0n) is 14.0. The van der Waals surface area contributed by atoms with Crippen LogP contribution in [-0.2, 0) is 4.79 Å². The average Bonchev–Trinajstić information content (AvgIpc) is 2.34. The quantitative estimate of drug-likeness (QED) is 0.487. The fraction of sp³-hybridized carbons (Fsp3) is 0.750. The van der Waals surface area contributed by atoms with E-state index in [1.165, 1.54) is 6.92 Å². The van der Waals surface area contributed by atoms with E-state index in [4.69, 9.17) is 8.22 Å². The SMILES string of the molecule is [2H]C1=C(CCC=O)C2([2H])C(C)C([2H])(C1([2H])[2H])C2([2H])C. The van der Waals surface area contributed by atoms with Gasteiger partial charge in [0.25, 0.3) is 0 Å². The Bertz CT molecular complexity index is 471. The van der Waals surface area contributed by atoms with Crippen molar-refractivity contribution in [1.29, 1.82) is 0 Å². The van der Waals surface area contributed by atoms with Crippen molar-refractivity contribution >= 4 is 6.29 Å². The molecule has 0 aromatic heterocycles.